The van der Waals surface area contributed by atoms with Crippen LogP contribution in [-0.4, -0.2) is 19.8 Å². The van der Waals surface area contributed by atoms with Crippen LogP contribution in [0, 0.1) is 13.8 Å². The van der Waals surface area contributed by atoms with Gasteiger partial charge in [-0.1, -0.05) is 23.8 Å². The Bertz CT molecular complexity index is 713. The van der Waals surface area contributed by atoms with Crippen LogP contribution in [0.2, 0.25) is 0 Å². The van der Waals surface area contributed by atoms with E-state index in [1.807, 2.05) is 45.0 Å². The van der Waals surface area contributed by atoms with Crippen LogP contribution in [0.3, 0.4) is 0 Å². The van der Waals surface area contributed by atoms with Gasteiger partial charge in [0, 0.05) is 0 Å². The second kappa shape index (κ2) is 8.24. The van der Waals surface area contributed by atoms with Crippen LogP contribution in [0.4, 0.5) is 10.5 Å². The van der Waals surface area contributed by atoms with E-state index in [0.29, 0.717) is 18.0 Å². The topological polar surface area (TPSA) is 56.8 Å². The van der Waals surface area contributed by atoms with Gasteiger partial charge in [0.2, 0.25) is 0 Å². The molecule has 1 amide bonds. The average Bonchev–Trinajstić information content (AvgIpc) is 2.56. The molecule has 0 saturated carbocycles. The Labute approximate surface area is 142 Å². The summed E-state index contributed by atoms with van der Waals surface area (Å²) in [6.07, 6.45) is -0.531. The molecule has 0 saturated heterocycles. The van der Waals surface area contributed by atoms with Gasteiger partial charge in [0.25, 0.3) is 0 Å². The molecule has 0 unspecified atom stereocenters. The molecule has 0 aromatic heterocycles. The molecular weight excluding hydrogens is 306 g/mol. The fourth-order valence-corrected chi connectivity index (χ4v) is 2.39. The van der Waals surface area contributed by atoms with Crippen molar-refractivity contribution in [2.45, 2.75) is 27.4 Å². The quantitative estimate of drug-likeness (QED) is 0.850. The van der Waals surface area contributed by atoms with Crippen molar-refractivity contribution in [3.63, 3.8) is 0 Å². The molecule has 0 radical (unpaired) electrons. The highest BCUT2D eigenvalue weighted by Gasteiger charge is 2.13. The van der Waals surface area contributed by atoms with Gasteiger partial charge in [-0.15, -0.1) is 0 Å². The van der Waals surface area contributed by atoms with Gasteiger partial charge in [-0.25, -0.2) is 4.79 Å². The predicted molar refractivity (Wildman–Crippen MR) is 93.9 cm³/mol. The van der Waals surface area contributed by atoms with Crippen LogP contribution < -0.4 is 14.8 Å². The van der Waals surface area contributed by atoms with Crippen LogP contribution in [0.25, 0.3) is 0 Å². The number of carbonyl (C=O) groups excluding carboxylic acids is 1. The number of ether oxygens (including phenoxy) is 3. The highest BCUT2D eigenvalue weighted by atomic mass is 16.5. The van der Waals surface area contributed by atoms with Crippen molar-refractivity contribution in [1.82, 2.24) is 0 Å². The van der Waals surface area contributed by atoms with Crippen molar-refractivity contribution in [1.29, 1.82) is 0 Å². The van der Waals surface area contributed by atoms with Crippen molar-refractivity contribution >= 4 is 11.8 Å². The Balaban J connectivity index is 2.26. The van der Waals surface area contributed by atoms with Crippen LogP contribution in [0.5, 0.6) is 11.5 Å². The lowest BCUT2D eigenvalue weighted by Crippen LogP contribution is -2.14. The minimum atomic E-state index is -0.531. The standard InChI is InChI=1S/C19H23NO4/c1-5-23-18-8-6-7-16(20-19(21)22-4)15(18)12-24-17-10-9-13(2)11-14(17)3/h6-11H,5,12H2,1-4H3,(H,20,21). The predicted octanol–water partition coefficient (Wildman–Crippen LogP) is 4.46. The van der Waals surface area contributed by atoms with Gasteiger partial charge in [0.05, 0.1) is 25.0 Å². The Morgan fingerprint density at radius 3 is 2.54 bits per heavy atom. The second-order valence-electron chi connectivity index (χ2n) is 5.39. The first-order valence-electron chi connectivity index (χ1n) is 7.84. The third-order valence-electron chi connectivity index (χ3n) is 3.56. The van der Waals surface area contributed by atoms with E-state index < -0.39 is 6.09 Å². The molecule has 5 nitrogen and oxygen atoms in total. The summed E-state index contributed by atoms with van der Waals surface area (Å²) in [4.78, 5) is 11.6. The zero-order valence-electron chi connectivity index (χ0n) is 14.5. The molecule has 128 valence electrons. The summed E-state index contributed by atoms with van der Waals surface area (Å²) in [6.45, 7) is 6.76. The van der Waals surface area contributed by atoms with Gasteiger partial charge >= 0.3 is 6.09 Å². The van der Waals surface area contributed by atoms with Crippen molar-refractivity contribution in [3.8, 4) is 11.5 Å². The van der Waals surface area contributed by atoms with E-state index in [1.165, 1.54) is 12.7 Å². The molecule has 0 atom stereocenters. The summed E-state index contributed by atoms with van der Waals surface area (Å²) in [5.41, 5.74) is 3.62. The molecule has 2 aromatic carbocycles. The number of amides is 1. The first-order valence-corrected chi connectivity index (χ1v) is 7.84. The minimum absolute atomic E-state index is 0.277. The van der Waals surface area contributed by atoms with Gasteiger partial charge in [-0.2, -0.15) is 0 Å². The van der Waals surface area contributed by atoms with E-state index in [9.17, 15) is 4.79 Å². The fourth-order valence-electron chi connectivity index (χ4n) is 2.39. The lowest BCUT2D eigenvalue weighted by atomic mass is 10.1. The SMILES string of the molecule is CCOc1cccc(NC(=O)OC)c1COc1ccc(C)cc1C. The van der Waals surface area contributed by atoms with Crippen LogP contribution in [0.1, 0.15) is 23.6 Å². The zero-order valence-corrected chi connectivity index (χ0v) is 14.5. The summed E-state index contributed by atoms with van der Waals surface area (Å²) in [5, 5.41) is 2.70. The van der Waals surface area contributed by atoms with Gasteiger partial charge in [-0.3, -0.25) is 5.32 Å². The maximum atomic E-state index is 11.6. The molecule has 24 heavy (non-hydrogen) atoms. The normalized spacial score (nSPS) is 10.2. The summed E-state index contributed by atoms with van der Waals surface area (Å²) in [6, 6.07) is 11.5. The van der Waals surface area contributed by atoms with Crippen molar-refractivity contribution in [2.24, 2.45) is 0 Å². The molecule has 0 fully saturated rings. The number of aryl methyl sites for hydroxylation is 2. The molecule has 0 heterocycles. The van der Waals surface area contributed by atoms with E-state index in [1.54, 1.807) is 6.07 Å². The molecule has 2 rings (SSSR count). The van der Waals surface area contributed by atoms with Crippen LogP contribution >= 0.6 is 0 Å². The lowest BCUT2D eigenvalue weighted by molar-refractivity contribution is 0.187. The first kappa shape index (κ1) is 17.7. The maximum Gasteiger partial charge on any atom is 0.411 e. The van der Waals surface area contributed by atoms with Crippen LogP contribution in [0.15, 0.2) is 36.4 Å². The Morgan fingerprint density at radius 1 is 1.08 bits per heavy atom. The number of benzene rings is 2. The van der Waals surface area contributed by atoms with E-state index >= 15 is 0 Å². The average molecular weight is 329 g/mol. The molecule has 0 aliphatic rings. The first-order chi connectivity index (χ1) is 11.5. The van der Waals surface area contributed by atoms with E-state index in [0.717, 1.165) is 16.9 Å². The van der Waals surface area contributed by atoms with Gasteiger partial charge in [0.15, 0.2) is 0 Å². The number of hydrogen-bond acceptors (Lipinski definition) is 4. The molecular formula is C19H23NO4. The largest absolute Gasteiger partial charge is 0.493 e. The second-order valence-corrected chi connectivity index (χ2v) is 5.39. The van der Waals surface area contributed by atoms with Gasteiger partial charge in [0.1, 0.15) is 18.1 Å². The molecule has 1 N–H and O–H groups in total. The third-order valence-corrected chi connectivity index (χ3v) is 3.56. The Kier molecular flexibility index (Phi) is 6.07. The number of hydrogen-bond donors (Lipinski definition) is 1. The fraction of sp³-hybridized carbons (Fsp3) is 0.316. The molecule has 2 aromatic rings. The number of rotatable bonds is 6. The summed E-state index contributed by atoms with van der Waals surface area (Å²) in [5.74, 6) is 1.48. The summed E-state index contributed by atoms with van der Waals surface area (Å²) >= 11 is 0. The van der Waals surface area contributed by atoms with E-state index in [-0.39, 0.29) is 6.61 Å². The van der Waals surface area contributed by atoms with Crippen molar-refractivity contribution < 1.29 is 19.0 Å². The molecule has 0 aliphatic carbocycles. The smallest absolute Gasteiger partial charge is 0.411 e. The Hall–Kier alpha value is -2.69. The number of nitrogens with one attached hydrogen (secondary N) is 1. The monoisotopic (exact) mass is 329 g/mol. The zero-order chi connectivity index (χ0) is 17.5. The van der Waals surface area contributed by atoms with Crippen molar-refractivity contribution in [2.75, 3.05) is 19.0 Å². The number of carbonyl (C=O) groups is 1. The molecule has 5 heteroatoms. The van der Waals surface area contributed by atoms with Gasteiger partial charge < -0.3 is 14.2 Å². The maximum absolute atomic E-state index is 11.6. The highest BCUT2D eigenvalue weighted by Crippen LogP contribution is 2.29. The van der Waals surface area contributed by atoms with E-state index in [4.69, 9.17) is 9.47 Å². The Morgan fingerprint density at radius 2 is 1.88 bits per heavy atom. The molecule has 0 bridgehead atoms. The number of methoxy groups -OCH3 is 1. The van der Waals surface area contributed by atoms with Crippen LogP contribution in [-0.2, 0) is 11.3 Å². The van der Waals surface area contributed by atoms with Gasteiger partial charge in [-0.05, 0) is 44.5 Å². The lowest BCUT2D eigenvalue weighted by Gasteiger charge is -2.17. The van der Waals surface area contributed by atoms with E-state index in [2.05, 4.69) is 16.1 Å². The summed E-state index contributed by atoms with van der Waals surface area (Å²) in [7, 11) is 1.33. The minimum Gasteiger partial charge on any atom is -0.493 e. The number of anilines is 1. The van der Waals surface area contributed by atoms with Crippen molar-refractivity contribution in [3.05, 3.63) is 53.1 Å². The summed E-state index contributed by atoms with van der Waals surface area (Å²) < 4.78 is 16.3. The molecule has 0 aliphatic heterocycles. The third kappa shape index (κ3) is 4.41. The molecule has 0 spiro atoms. The highest BCUT2D eigenvalue weighted by molar-refractivity contribution is 5.86.